The lowest BCUT2D eigenvalue weighted by atomic mass is 10.2. The van der Waals surface area contributed by atoms with E-state index in [0.29, 0.717) is 0 Å². The summed E-state index contributed by atoms with van der Waals surface area (Å²) in [4.78, 5) is 0. The maximum Gasteiger partial charge on any atom is 0.0853 e. The molecule has 0 aliphatic carbocycles. The van der Waals surface area contributed by atoms with E-state index in [-0.39, 0.29) is 0 Å². The molecule has 3 heteroatoms. The van der Waals surface area contributed by atoms with Crippen LogP contribution in [0.1, 0.15) is 31.2 Å². The summed E-state index contributed by atoms with van der Waals surface area (Å²) < 4.78 is 0. The Morgan fingerprint density at radius 2 is 2.30 bits per heavy atom. The number of hydrogen-bond donors (Lipinski definition) is 1. The Morgan fingerprint density at radius 3 is 2.80 bits per heavy atom. The van der Waals surface area contributed by atoms with Crippen LogP contribution in [0, 0.1) is 6.92 Å². The number of nitrogens with zero attached hydrogens (tertiary/aromatic N) is 2. The Morgan fingerprint density at radius 1 is 1.50 bits per heavy atom. The SMILES string of the molecule is CCCCc1nn[nH]c1C. The van der Waals surface area contributed by atoms with Gasteiger partial charge in [-0.3, -0.25) is 5.10 Å². The van der Waals surface area contributed by atoms with Crippen LogP contribution < -0.4 is 0 Å². The lowest BCUT2D eigenvalue weighted by molar-refractivity contribution is 0.768. The first-order chi connectivity index (χ1) is 4.84. The minimum atomic E-state index is 1.05. The van der Waals surface area contributed by atoms with Crippen LogP contribution in [0.25, 0.3) is 0 Å². The molecule has 0 saturated carbocycles. The number of aryl methyl sites for hydroxylation is 2. The third kappa shape index (κ3) is 1.56. The maximum atomic E-state index is 3.95. The molecule has 0 atom stereocenters. The highest BCUT2D eigenvalue weighted by atomic mass is 15.3. The highest BCUT2D eigenvalue weighted by molar-refractivity contribution is 5.05. The predicted molar refractivity (Wildman–Crippen MR) is 39.7 cm³/mol. The minimum Gasteiger partial charge on any atom is -0.262 e. The minimum absolute atomic E-state index is 1.05. The maximum absolute atomic E-state index is 3.95. The van der Waals surface area contributed by atoms with Crippen LogP contribution in [-0.2, 0) is 6.42 Å². The lowest BCUT2D eigenvalue weighted by Gasteiger charge is -1.92. The summed E-state index contributed by atoms with van der Waals surface area (Å²) >= 11 is 0. The quantitative estimate of drug-likeness (QED) is 0.688. The van der Waals surface area contributed by atoms with Crippen LogP contribution in [0.3, 0.4) is 0 Å². The molecule has 1 N–H and O–H groups in total. The van der Waals surface area contributed by atoms with Gasteiger partial charge in [-0.05, 0) is 19.8 Å². The topological polar surface area (TPSA) is 41.6 Å². The Bertz CT molecular complexity index is 192. The van der Waals surface area contributed by atoms with Crippen molar-refractivity contribution in [3.63, 3.8) is 0 Å². The van der Waals surface area contributed by atoms with Crippen molar-refractivity contribution >= 4 is 0 Å². The van der Waals surface area contributed by atoms with Crippen LogP contribution in [0.15, 0.2) is 0 Å². The van der Waals surface area contributed by atoms with E-state index >= 15 is 0 Å². The number of unbranched alkanes of at least 4 members (excludes halogenated alkanes) is 1. The molecule has 0 saturated heterocycles. The molecule has 0 bridgehead atoms. The zero-order chi connectivity index (χ0) is 7.40. The predicted octanol–water partition coefficient (Wildman–Crippen LogP) is 1.46. The van der Waals surface area contributed by atoms with Crippen LogP contribution >= 0.6 is 0 Å². The van der Waals surface area contributed by atoms with Crippen molar-refractivity contribution in [1.29, 1.82) is 0 Å². The summed E-state index contributed by atoms with van der Waals surface area (Å²) in [5.41, 5.74) is 2.22. The standard InChI is InChI=1S/C7H13N3/c1-3-4-5-7-6(2)8-10-9-7/h3-5H2,1-2H3,(H,8,9,10). The summed E-state index contributed by atoms with van der Waals surface area (Å²) in [7, 11) is 0. The third-order valence-electron chi connectivity index (χ3n) is 1.59. The zero-order valence-electron chi connectivity index (χ0n) is 6.52. The number of H-pyrrole nitrogens is 1. The van der Waals surface area contributed by atoms with E-state index in [4.69, 9.17) is 0 Å². The van der Waals surface area contributed by atoms with E-state index in [0.717, 1.165) is 17.8 Å². The molecule has 1 aromatic heterocycles. The molecule has 10 heavy (non-hydrogen) atoms. The van der Waals surface area contributed by atoms with E-state index in [2.05, 4.69) is 22.3 Å². The van der Waals surface area contributed by atoms with Crippen molar-refractivity contribution in [1.82, 2.24) is 15.4 Å². The van der Waals surface area contributed by atoms with Gasteiger partial charge < -0.3 is 0 Å². The van der Waals surface area contributed by atoms with Crippen LogP contribution in [0.4, 0.5) is 0 Å². The first kappa shape index (κ1) is 7.25. The van der Waals surface area contributed by atoms with Crippen molar-refractivity contribution < 1.29 is 0 Å². The van der Waals surface area contributed by atoms with Gasteiger partial charge in [0.15, 0.2) is 0 Å². The lowest BCUT2D eigenvalue weighted by Crippen LogP contribution is -1.87. The second kappa shape index (κ2) is 3.34. The molecule has 0 aliphatic rings. The van der Waals surface area contributed by atoms with Crippen molar-refractivity contribution in [2.75, 3.05) is 0 Å². The monoisotopic (exact) mass is 139 g/mol. The van der Waals surface area contributed by atoms with Gasteiger partial charge in [-0.2, -0.15) is 0 Å². The van der Waals surface area contributed by atoms with Gasteiger partial charge in [0, 0.05) is 0 Å². The Labute approximate surface area is 60.8 Å². The van der Waals surface area contributed by atoms with Gasteiger partial charge in [-0.25, -0.2) is 0 Å². The van der Waals surface area contributed by atoms with Gasteiger partial charge in [0.2, 0.25) is 0 Å². The fourth-order valence-corrected chi connectivity index (χ4v) is 0.882. The molecule has 1 aromatic rings. The summed E-state index contributed by atoms with van der Waals surface area (Å²) in [6.45, 7) is 4.18. The first-order valence-electron chi connectivity index (χ1n) is 3.71. The summed E-state index contributed by atoms with van der Waals surface area (Å²) in [5, 5.41) is 10.5. The van der Waals surface area contributed by atoms with Gasteiger partial charge in [-0.15, -0.1) is 5.10 Å². The Hall–Kier alpha value is -0.860. The molecule has 3 nitrogen and oxygen atoms in total. The van der Waals surface area contributed by atoms with Gasteiger partial charge >= 0.3 is 0 Å². The van der Waals surface area contributed by atoms with Gasteiger partial charge in [0.05, 0.1) is 11.4 Å². The molecule has 1 rings (SSSR count). The number of hydrogen-bond acceptors (Lipinski definition) is 2. The molecule has 0 amide bonds. The average molecular weight is 139 g/mol. The van der Waals surface area contributed by atoms with E-state index in [1.807, 2.05) is 6.92 Å². The van der Waals surface area contributed by atoms with Gasteiger partial charge in [0.25, 0.3) is 0 Å². The fraction of sp³-hybridized carbons (Fsp3) is 0.714. The number of aromatic amines is 1. The third-order valence-corrected chi connectivity index (χ3v) is 1.59. The smallest absolute Gasteiger partial charge is 0.0853 e. The average Bonchev–Trinajstić information content (AvgIpc) is 2.31. The Balaban J connectivity index is 2.49. The summed E-state index contributed by atoms with van der Waals surface area (Å²) in [5.74, 6) is 0. The molecule has 56 valence electrons. The van der Waals surface area contributed by atoms with E-state index in [1.165, 1.54) is 12.8 Å². The van der Waals surface area contributed by atoms with Crippen LogP contribution in [0.5, 0.6) is 0 Å². The molecular weight excluding hydrogens is 126 g/mol. The molecule has 0 radical (unpaired) electrons. The second-order valence-corrected chi connectivity index (χ2v) is 2.49. The number of rotatable bonds is 3. The van der Waals surface area contributed by atoms with Crippen LogP contribution in [0.2, 0.25) is 0 Å². The van der Waals surface area contributed by atoms with Crippen molar-refractivity contribution in [3.05, 3.63) is 11.4 Å². The molecule has 0 spiro atoms. The highest BCUT2D eigenvalue weighted by Crippen LogP contribution is 2.03. The van der Waals surface area contributed by atoms with Gasteiger partial charge in [0.1, 0.15) is 0 Å². The molecule has 0 fully saturated rings. The van der Waals surface area contributed by atoms with Gasteiger partial charge in [-0.1, -0.05) is 18.6 Å². The van der Waals surface area contributed by atoms with E-state index in [1.54, 1.807) is 0 Å². The van der Waals surface area contributed by atoms with Crippen LogP contribution in [-0.4, -0.2) is 15.4 Å². The number of nitrogens with one attached hydrogen (secondary N) is 1. The zero-order valence-corrected chi connectivity index (χ0v) is 6.52. The van der Waals surface area contributed by atoms with Crippen molar-refractivity contribution in [3.8, 4) is 0 Å². The fourth-order valence-electron chi connectivity index (χ4n) is 0.882. The molecule has 1 heterocycles. The molecular formula is C7H13N3. The van der Waals surface area contributed by atoms with Crippen molar-refractivity contribution in [2.24, 2.45) is 0 Å². The summed E-state index contributed by atoms with van der Waals surface area (Å²) in [6.07, 6.45) is 3.47. The summed E-state index contributed by atoms with van der Waals surface area (Å²) in [6, 6.07) is 0. The van der Waals surface area contributed by atoms with Crippen molar-refractivity contribution in [2.45, 2.75) is 33.1 Å². The molecule has 0 unspecified atom stereocenters. The number of aromatic nitrogens is 3. The van der Waals surface area contributed by atoms with E-state index < -0.39 is 0 Å². The highest BCUT2D eigenvalue weighted by Gasteiger charge is 1.99. The molecule has 0 aromatic carbocycles. The first-order valence-corrected chi connectivity index (χ1v) is 3.71. The normalized spacial score (nSPS) is 10.2. The molecule has 0 aliphatic heterocycles. The second-order valence-electron chi connectivity index (χ2n) is 2.49. The van der Waals surface area contributed by atoms with E-state index in [9.17, 15) is 0 Å². The largest absolute Gasteiger partial charge is 0.262 e. The Kier molecular flexibility index (Phi) is 2.42.